The number of carbonyl (C=O) groups is 1. The van der Waals surface area contributed by atoms with E-state index in [0.717, 1.165) is 44.1 Å². The Morgan fingerprint density at radius 3 is 2.25 bits per heavy atom. The molecule has 1 aliphatic carbocycles. The normalized spacial score (nSPS) is 21.0. The molecule has 1 amide bonds. The van der Waals surface area contributed by atoms with Gasteiger partial charge in [0.1, 0.15) is 0 Å². The van der Waals surface area contributed by atoms with E-state index in [1.54, 1.807) is 16.4 Å². The van der Waals surface area contributed by atoms with Gasteiger partial charge in [-0.05, 0) is 50.2 Å². The van der Waals surface area contributed by atoms with Crippen molar-refractivity contribution < 1.29 is 13.2 Å². The Morgan fingerprint density at radius 2 is 1.61 bits per heavy atom. The number of piperidine rings is 1. The predicted molar refractivity (Wildman–Crippen MR) is 111 cm³/mol. The van der Waals surface area contributed by atoms with Gasteiger partial charge in [-0.1, -0.05) is 50.3 Å². The SMILES string of the molecule is Cc1ccccc1S(=O)(=O)N1CCC(CNC(=O)C2CCCCCCC2)CC1. The molecule has 6 heteroatoms. The summed E-state index contributed by atoms with van der Waals surface area (Å²) in [7, 11) is -3.43. The molecule has 1 N–H and O–H groups in total. The average molecular weight is 407 g/mol. The van der Waals surface area contributed by atoms with Gasteiger partial charge in [0.25, 0.3) is 0 Å². The molecule has 2 aliphatic rings. The molecule has 156 valence electrons. The van der Waals surface area contributed by atoms with Crippen LogP contribution in [0, 0.1) is 18.8 Å². The molecule has 5 nitrogen and oxygen atoms in total. The van der Waals surface area contributed by atoms with Crippen LogP contribution in [0.4, 0.5) is 0 Å². The highest BCUT2D eigenvalue weighted by Crippen LogP contribution is 2.26. The molecule has 0 atom stereocenters. The topological polar surface area (TPSA) is 66.5 Å². The molecule has 1 aromatic rings. The smallest absolute Gasteiger partial charge is 0.243 e. The maximum absolute atomic E-state index is 12.9. The van der Waals surface area contributed by atoms with Gasteiger partial charge in [0, 0.05) is 25.6 Å². The molecule has 0 spiro atoms. The fraction of sp³-hybridized carbons (Fsp3) is 0.682. The van der Waals surface area contributed by atoms with Crippen molar-refractivity contribution in [2.24, 2.45) is 11.8 Å². The molecule has 1 saturated heterocycles. The Bertz CT molecular complexity index is 747. The third kappa shape index (κ3) is 5.35. The summed E-state index contributed by atoms with van der Waals surface area (Å²) in [5, 5.41) is 3.16. The lowest BCUT2D eigenvalue weighted by molar-refractivity contribution is -0.125. The van der Waals surface area contributed by atoms with Gasteiger partial charge in [-0.15, -0.1) is 0 Å². The first kappa shape index (κ1) is 21.3. The van der Waals surface area contributed by atoms with E-state index >= 15 is 0 Å². The molecule has 1 heterocycles. The zero-order valence-corrected chi connectivity index (χ0v) is 17.8. The predicted octanol–water partition coefficient (Wildman–Crippen LogP) is 3.87. The standard InChI is InChI=1S/C22H34N2O3S/c1-18-9-7-8-12-21(18)28(26,27)24-15-13-19(14-16-24)17-23-22(25)20-10-5-3-2-4-6-11-20/h7-9,12,19-20H,2-6,10-11,13-17H2,1H3,(H,23,25). The maximum Gasteiger partial charge on any atom is 0.243 e. The van der Waals surface area contributed by atoms with Gasteiger partial charge in [0.2, 0.25) is 15.9 Å². The van der Waals surface area contributed by atoms with Crippen molar-refractivity contribution in [2.45, 2.75) is 69.6 Å². The molecule has 1 saturated carbocycles. The Morgan fingerprint density at radius 1 is 1.00 bits per heavy atom. The minimum Gasteiger partial charge on any atom is -0.356 e. The van der Waals surface area contributed by atoms with Gasteiger partial charge in [-0.3, -0.25) is 4.79 Å². The van der Waals surface area contributed by atoms with Gasteiger partial charge in [-0.25, -0.2) is 8.42 Å². The minimum atomic E-state index is -3.43. The summed E-state index contributed by atoms with van der Waals surface area (Å²) >= 11 is 0. The summed E-state index contributed by atoms with van der Waals surface area (Å²) in [5.41, 5.74) is 0.788. The van der Waals surface area contributed by atoms with Gasteiger partial charge in [0.05, 0.1) is 4.90 Å². The second-order valence-corrected chi connectivity index (χ2v) is 10.3. The van der Waals surface area contributed by atoms with E-state index in [4.69, 9.17) is 0 Å². The van der Waals surface area contributed by atoms with E-state index < -0.39 is 10.0 Å². The summed E-state index contributed by atoms with van der Waals surface area (Å²) in [4.78, 5) is 12.9. The molecule has 2 fully saturated rings. The van der Waals surface area contributed by atoms with Crippen LogP contribution in [0.5, 0.6) is 0 Å². The number of nitrogens with one attached hydrogen (secondary N) is 1. The number of rotatable bonds is 5. The van der Waals surface area contributed by atoms with E-state index in [2.05, 4.69) is 5.32 Å². The highest BCUT2D eigenvalue weighted by Gasteiger charge is 2.30. The maximum atomic E-state index is 12.9. The van der Waals surface area contributed by atoms with Crippen LogP contribution in [0.3, 0.4) is 0 Å². The Labute approximate surface area is 169 Å². The molecule has 0 radical (unpaired) electrons. The van der Waals surface area contributed by atoms with Crippen LogP contribution in [0.25, 0.3) is 0 Å². The minimum absolute atomic E-state index is 0.168. The van der Waals surface area contributed by atoms with Crippen LogP contribution in [-0.4, -0.2) is 38.3 Å². The number of carbonyl (C=O) groups excluding carboxylic acids is 1. The monoisotopic (exact) mass is 406 g/mol. The molecule has 1 aromatic carbocycles. The van der Waals surface area contributed by atoms with Crippen LogP contribution in [-0.2, 0) is 14.8 Å². The summed E-state index contributed by atoms with van der Waals surface area (Å²) in [6, 6.07) is 7.16. The molecular formula is C22H34N2O3S. The van der Waals surface area contributed by atoms with Crippen molar-refractivity contribution in [3.8, 4) is 0 Å². The fourth-order valence-electron chi connectivity index (χ4n) is 4.45. The largest absolute Gasteiger partial charge is 0.356 e. The molecule has 0 unspecified atom stereocenters. The van der Waals surface area contributed by atoms with Gasteiger partial charge in [-0.2, -0.15) is 4.31 Å². The first-order valence-electron chi connectivity index (χ1n) is 10.8. The van der Waals surface area contributed by atoms with Crippen LogP contribution in [0.15, 0.2) is 29.2 Å². The number of hydrogen-bond donors (Lipinski definition) is 1. The van der Waals surface area contributed by atoms with Crippen LogP contribution < -0.4 is 5.32 Å². The fourth-order valence-corrected chi connectivity index (χ4v) is 6.14. The molecule has 28 heavy (non-hydrogen) atoms. The zero-order chi connectivity index (χ0) is 20.0. The van der Waals surface area contributed by atoms with E-state index in [1.165, 1.54) is 19.3 Å². The number of nitrogens with zero attached hydrogens (tertiary/aromatic N) is 1. The van der Waals surface area contributed by atoms with Crippen molar-refractivity contribution in [1.29, 1.82) is 0 Å². The third-order valence-corrected chi connectivity index (χ3v) is 8.38. The van der Waals surface area contributed by atoms with Gasteiger partial charge >= 0.3 is 0 Å². The van der Waals surface area contributed by atoms with Crippen molar-refractivity contribution in [1.82, 2.24) is 9.62 Å². The highest BCUT2D eigenvalue weighted by atomic mass is 32.2. The van der Waals surface area contributed by atoms with Crippen molar-refractivity contribution >= 4 is 15.9 Å². The first-order valence-corrected chi connectivity index (χ1v) is 12.3. The van der Waals surface area contributed by atoms with Crippen molar-refractivity contribution in [2.75, 3.05) is 19.6 Å². The Hall–Kier alpha value is -1.40. The first-order chi connectivity index (χ1) is 13.5. The van der Waals surface area contributed by atoms with Crippen molar-refractivity contribution in [3.63, 3.8) is 0 Å². The van der Waals surface area contributed by atoms with Crippen LogP contribution >= 0.6 is 0 Å². The molecular weight excluding hydrogens is 372 g/mol. The molecule has 0 aromatic heterocycles. The van der Waals surface area contributed by atoms with E-state index in [0.29, 0.717) is 30.4 Å². The third-order valence-electron chi connectivity index (χ3n) is 6.33. The summed E-state index contributed by atoms with van der Waals surface area (Å²) in [6.45, 7) is 3.57. The lowest BCUT2D eigenvalue weighted by atomic mass is 9.90. The highest BCUT2D eigenvalue weighted by molar-refractivity contribution is 7.89. The Balaban J connectivity index is 1.47. The summed E-state index contributed by atoms with van der Waals surface area (Å²) < 4.78 is 27.4. The number of amides is 1. The number of aryl methyl sites for hydroxylation is 1. The van der Waals surface area contributed by atoms with E-state index in [1.807, 2.05) is 19.1 Å². The number of hydrogen-bond acceptors (Lipinski definition) is 3. The summed E-state index contributed by atoms with van der Waals surface area (Å²) in [6.07, 6.45) is 9.75. The van der Waals surface area contributed by atoms with Crippen molar-refractivity contribution in [3.05, 3.63) is 29.8 Å². The average Bonchev–Trinajstić information content (AvgIpc) is 2.66. The number of sulfonamides is 1. The molecule has 1 aliphatic heterocycles. The molecule has 0 bridgehead atoms. The molecule has 3 rings (SSSR count). The zero-order valence-electron chi connectivity index (χ0n) is 17.0. The van der Waals surface area contributed by atoms with Gasteiger partial charge < -0.3 is 5.32 Å². The van der Waals surface area contributed by atoms with E-state index in [-0.39, 0.29) is 11.8 Å². The lowest BCUT2D eigenvalue weighted by Crippen LogP contribution is -2.42. The van der Waals surface area contributed by atoms with Crippen LogP contribution in [0.2, 0.25) is 0 Å². The second kappa shape index (κ2) is 9.88. The van der Waals surface area contributed by atoms with Gasteiger partial charge in [0.15, 0.2) is 0 Å². The van der Waals surface area contributed by atoms with Crippen LogP contribution in [0.1, 0.15) is 63.4 Å². The lowest BCUT2D eigenvalue weighted by Gasteiger charge is -2.32. The number of benzene rings is 1. The second-order valence-electron chi connectivity index (χ2n) is 8.40. The Kier molecular flexibility index (Phi) is 7.52. The van der Waals surface area contributed by atoms with E-state index in [9.17, 15) is 13.2 Å². The quantitative estimate of drug-likeness (QED) is 0.807. The summed E-state index contributed by atoms with van der Waals surface area (Å²) in [5.74, 6) is 0.736.